The first-order valence-corrected chi connectivity index (χ1v) is 6.26. The zero-order valence-corrected chi connectivity index (χ0v) is 11.1. The summed E-state index contributed by atoms with van der Waals surface area (Å²) in [5.41, 5.74) is 4.85. The van der Waals surface area contributed by atoms with Crippen molar-refractivity contribution < 1.29 is 27.8 Å². The average Bonchev–Trinajstić information content (AvgIpc) is 2.49. The maximum absolute atomic E-state index is 13.1. The van der Waals surface area contributed by atoms with E-state index in [2.05, 4.69) is 0 Å². The fourth-order valence-electron chi connectivity index (χ4n) is 1.85. The highest BCUT2D eigenvalue weighted by Gasteiger charge is 2.20. The zero-order valence-electron chi connectivity index (χ0n) is 11.1. The van der Waals surface area contributed by atoms with Gasteiger partial charge in [0.2, 0.25) is 0 Å². The lowest BCUT2D eigenvalue weighted by Crippen LogP contribution is -2.42. The molecule has 1 aromatic rings. The monoisotopic (exact) mass is 300 g/mol. The van der Waals surface area contributed by atoms with E-state index in [0.29, 0.717) is 38.4 Å². The number of nitrogens with two attached hydrogens (primary N) is 1. The minimum atomic E-state index is -1.21. The number of benzene rings is 1. The van der Waals surface area contributed by atoms with Gasteiger partial charge in [-0.15, -0.1) is 0 Å². The number of morpholine rings is 1. The molecule has 1 heterocycles. The third kappa shape index (κ3) is 3.66. The Bertz CT molecular complexity index is 559. The fraction of sp³-hybridized carbons (Fsp3) is 0.385. The number of rotatable bonds is 3. The van der Waals surface area contributed by atoms with Gasteiger partial charge < -0.3 is 20.1 Å². The first kappa shape index (κ1) is 15.2. The summed E-state index contributed by atoms with van der Waals surface area (Å²) >= 11 is 0. The van der Waals surface area contributed by atoms with E-state index in [-0.39, 0.29) is 17.2 Å². The van der Waals surface area contributed by atoms with Crippen molar-refractivity contribution >= 4 is 17.6 Å². The van der Waals surface area contributed by atoms with Gasteiger partial charge in [-0.3, -0.25) is 4.79 Å². The van der Waals surface area contributed by atoms with Gasteiger partial charge in [0, 0.05) is 24.8 Å². The molecule has 0 saturated carbocycles. The van der Waals surface area contributed by atoms with Crippen LogP contribution >= 0.6 is 0 Å². The molecular formula is C13H14F2N2O4. The summed E-state index contributed by atoms with van der Waals surface area (Å²) in [4.78, 5) is 25.0. The minimum absolute atomic E-state index is 0.252. The van der Waals surface area contributed by atoms with Crippen LogP contribution in [0.25, 0.3) is 0 Å². The van der Waals surface area contributed by atoms with Gasteiger partial charge >= 0.3 is 5.97 Å². The highest BCUT2D eigenvalue weighted by Crippen LogP contribution is 2.18. The van der Waals surface area contributed by atoms with Gasteiger partial charge in [0.25, 0.3) is 5.91 Å². The fourth-order valence-corrected chi connectivity index (χ4v) is 1.85. The van der Waals surface area contributed by atoms with Crippen LogP contribution in [0.1, 0.15) is 10.4 Å². The van der Waals surface area contributed by atoms with Crippen molar-refractivity contribution in [2.24, 2.45) is 0 Å². The Kier molecular flexibility index (Phi) is 4.69. The summed E-state index contributed by atoms with van der Waals surface area (Å²) in [5, 5.41) is 0. The SMILES string of the molecule is Nc1cc(F)c(F)cc1C(=O)OCC(=O)N1CCOCC1. The molecule has 0 aliphatic carbocycles. The maximum atomic E-state index is 13.1. The summed E-state index contributed by atoms with van der Waals surface area (Å²) in [6, 6.07) is 1.34. The molecule has 0 radical (unpaired) electrons. The van der Waals surface area contributed by atoms with Crippen LogP contribution in [-0.2, 0) is 14.3 Å². The van der Waals surface area contributed by atoms with Crippen LogP contribution in [0.4, 0.5) is 14.5 Å². The number of hydrogen-bond acceptors (Lipinski definition) is 5. The van der Waals surface area contributed by atoms with Crippen LogP contribution in [0.5, 0.6) is 0 Å². The number of hydrogen-bond donors (Lipinski definition) is 1. The molecule has 1 aromatic carbocycles. The zero-order chi connectivity index (χ0) is 15.4. The number of nitrogen functional groups attached to an aromatic ring is 1. The summed E-state index contributed by atoms with van der Waals surface area (Å²) in [5.74, 6) is -3.73. The highest BCUT2D eigenvalue weighted by molar-refractivity contribution is 5.96. The Morgan fingerprint density at radius 2 is 1.86 bits per heavy atom. The largest absolute Gasteiger partial charge is 0.452 e. The Balaban J connectivity index is 1.95. The Hall–Kier alpha value is -2.22. The summed E-state index contributed by atoms with van der Waals surface area (Å²) < 4.78 is 35.9. The van der Waals surface area contributed by atoms with Gasteiger partial charge in [0.05, 0.1) is 18.8 Å². The van der Waals surface area contributed by atoms with Crippen molar-refractivity contribution in [2.45, 2.75) is 0 Å². The van der Waals surface area contributed by atoms with E-state index in [1.807, 2.05) is 0 Å². The highest BCUT2D eigenvalue weighted by atomic mass is 19.2. The number of ether oxygens (including phenoxy) is 2. The van der Waals surface area contributed by atoms with Crippen LogP contribution in [0.2, 0.25) is 0 Å². The summed E-state index contributed by atoms with van der Waals surface area (Å²) in [6.45, 7) is 1.20. The second-order valence-corrected chi connectivity index (χ2v) is 4.42. The first-order chi connectivity index (χ1) is 9.99. The first-order valence-electron chi connectivity index (χ1n) is 6.26. The van der Waals surface area contributed by atoms with Gasteiger partial charge in [-0.25, -0.2) is 13.6 Å². The lowest BCUT2D eigenvalue weighted by molar-refractivity contribution is -0.138. The molecule has 1 aliphatic heterocycles. The van der Waals surface area contributed by atoms with Gasteiger partial charge in [0.1, 0.15) is 0 Å². The summed E-state index contributed by atoms with van der Waals surface area (Å²) in [6.07, 6.45) is 0. The molecule has 0 unspecified atom stereocenters. The van der Waals surface area contributed by atoms with Crippen LogP contribution in [0, 0.1) is 11.6 Å². The van der Waals surface area contributed by atoms with Crippen molar-refractivity contribution in [1.82, 2.24) is 4.90 Å². The third-order valence-corrected chi connectivity index (χ3v) is 3.00. The average molecular weight is 300 g/mol. The van der Waals surface area contributed by atoms with Crippen LogP contribution in [0.3, 0.4) is 0 Å². The normalized spacial score (nSPS) is 14.9. The van der Waals surface area contributed by atoms with Gasteiger partial charge in [-0.05, 0) is 6.07 Å². The number of halogens is 2. The second kappa shape index (κ2) is 6.49. The minimum Gasteiger partial charge on any atom is -0.452 e. The molecule has 0 spiro atoms. The quantitative estimate of drug-likeness (QED) is 0.651. The molecule has 114 valence electrons. The predicted molar refractivity (Wildman–Crippen MR) is 68.5 cm³/mol. The van der Waals surface area contributed by atoms with Crippen LogP contribution in [-0.4, -0.2) is 49.7 Å². The van der Waals surface area contributed by atoms with Crippen LogP contribution < -0.4 is 5.73 Å². The number of carbonyl (C=O) groups is 2. The molecule has 8 heteroatoms. The molecule has 1 saturated heterocycles. The maximum Gasteiger partial charge on any atom is 0.340 e. The Morgan fingerprint density at radius 3 is 2.52 bits per heavy atom. The molecular weight excluding hydrogens is 286 g/mol. The molecule has 0 aromatic heterocycles. The van der Waals surface area contributed by atoms with E-state index in [1.54, 1.807) is 0 Å². The Labute approximate surface area is 119 Å². The second-order valence-electron chi connectivity index (χ2n) is 4.42. The number of esters is 1. The molecule has 1 fully saturated rings. The summed E-state index contributed by atoms with van der Waals surface area (Å²) in [7, 11) is 0. The predicted octanol–water partition coefficient (Wildman–Crippen LogP) is 0.563. The van der Waals surface area contributed by atoms with E-state index in [1.165, 1.54) is 4.90 Å². The van der Waals surface area contributed by atoms with Crippen molar-refractivity contribution in [3.63, 3.8) is 0 Å². The van der Waals surface area contributed by atoms with Gasteiger partial charge in [-0.1, -0.05) is 0 Å². The number of carbonyl (C=O) groups excluding carboxylic acids is 2. The van der Waals surface area contributed by atoms with Crippen LogP contribution in [0.15, 0.2) is 12.1 Å². The Morgan fingerprint density at radius 1 is 1.24 bits per heavy atom. The third-order valence-electron chi connectivity index (χ3n) is 3.00. The van der Waals surface area contributed by atoms with Crippen molar-refractivity contribution in [2.75, 3.05) is 38.6 Å². The molecule has 1 amide bonds. The molecule has 21 heavy (non-hydrogen) atoms. The van der Waals surface area contributed by atoms with E-state index in [4.69, 9.17) is 15.2 Å². The number of nitrogens with zero attached hydrogens (tertiary/aromatic N) is 1. The van der Waals surface area contributed by atoms with Gasteiger partial charge in [-0.2, -0.15) is 0 Å². The lowest BCUT2D eigenvalue weighted by atomic mass is 10.1. The molecule has 0 bridgehead atoms. The van der Waals surface area contributed by atoms with Gasteiger partial charge in [0.15, 0.2) is 18.2 Å². The molecule has 2 rings (SSSR count). The van der Waals surface area contributed by atoms with E-state index in [9.17, 15) is 18.4 Å². The van der Waals surface area contributed by atoms with Crippen molar-refractivity contribution in [3.05, 3.63) is 29.3 Å². The topological polar surface area (TPSA) is 81.9 Å². The number of anilines is 1. The molecule has 0 atom stereocenters. The smallest absolute Gasteiger partial charge is 0.340 e. The van der Waals surface area contributed by atoms with Crippen molar-refractivity contribution in [1.29, 1.82) is 0 Å². The molecule has 2 N–H and O–H groups in total. The van der Waals surface area contributed by atoms with E-state index >= 15 is 0 Å². The molecule has 1 aliphatic rings. The molecule has 6 nitrogen and oxygen atoms in total. The standard InChI is InChI=1S/C13H14F2N2O4/c14-9-5-8(11(16)6-10(9)15)13(19)21-7-12(18)17-1-3-20-4-2-17/h5-6H,1-4,7,16H2. The van der Waals surface area contributed by atoms with E-state index in [0.717, 1.165) is 0 Å². The van der Waals surface area contributed by atoms with E-state index < -0.39 is 24.2 Å². The lowest BCUT2D eigenvalue weighted by Gasteiger charge is -2.26. The van der Waals surface area contributed by atoms with Crippen molar-refractivity contribution in [3.8, 4) is 0 Å². The number of amides is 1.